The first-order valence-corrected chi connectivity index (χ1v) is 8.70. The van der Waals surface area contributed by atoms with E-state index in [4.69, 9.17) is 10.2 Å². The Hall–Kier alpha value is -0.830. The second-order valence-electron chi connectivity index (χ2n) is 5.98. The molecule has 0 bridgehead atoms. The molecule has 0 aliphatic heterocycles. The zero-order valence-corrected chi connectivity index (χ0v) is 13.6. The highest BCUT2D eigenvalue weighted by Gasteiger charge is 2.02. The third-order valence-electron chi connectivity index (χ3n) is 3.94. The summed E-state index contributed by atoms with van der Waals surface area (Å²) in [6.07, 6.45) is 16.6. The van der Waals surface area contributed by atoms with Crippen molar-refractivity contribution in [2.24, 2.45) is 0 Å². The molecule has 0 aromatic heterocycles. The number of aliphatic hydroxyl groups is 1. The third-order valence-corrected chi connectivity index (χ3v) is 3.94. The Balaban J connectivity index is 3.06. The van der Waals surface area contributed by atoms with Crippen LogP contribution in [-0.2, 0) is 4.79 Å². The number of unbranched alkanes of at least 4 members (excludes halogenated alkanes) is 12. The smallest absolute Gasteiger partial charge is 0.330 e. The molecule has 0 aliphatic rings. The van der Waals surface area contributed by atoms with E-state index in [0.29, 0.717) is 18.6 Å². The highest BCUT2D eigenvalue weighted by molar-refractivity contribution is 5.85. The van der Waals surface area contributed by atoms with Crippen molar-refractivity contribution in [1.82, 2.24) is 0 Å². The van der Waals surface area contributed by atoms with Gasteiger partial charge >= 0.3 is 5.97 Å². The summed E-state index contributed by atoms with van der Waals surface area (Å²) in [6.45, 7) is 3.88. The lowest BCUT2D eigenvalue weighted by atomic mass is 10.0. The molecule has 0 amide bonds. The first kappa shape index (κ1) is 20.2. The summed E-state index contributed by atoms with van der Waals surface area (Å²) >= 11 is 0. The molecule has 0 rings (SSSR count). The highest BCUT2D eigenvalue weighted by atomic mass is 16.4. The van der Waals surface area contributed by atoms with Crippen molar-refractivity contribution in [3.8, 4) is 0 Å². The van der Waals surface area contributed by atoms with Crippen molar-refractivity contribution >= 4 is 5.97 Å². The van der Waals surface area contributed by atoms with Crippen LogP contribution in [0.2, 0.25) is 0 Å². The Kier molecular flexibility index (Phi) is 14.9. The van der Waals surface area contributed by atoms with E-state index in [1.54, 1.807) is 0 Å². The van der Waals surface area contributed by atoms with Crippen LogP contribution in [0.1, 0.15) is 89.9 Å². The maximum Gasteiger partial charge on any atom is 0.330 e. The van der Waals surface area contributed by atoms with Crippen LogP contribution in [0.15, 0.2) is 12.2 Å². The Morgan fingerprint density at radius 2 is 1.00 bits per heavy atom. The number of carboxylic acids is 1. The molecule has 124 valence electrons. The van der Waals surface area contributed by atoms with Gasteiger partial charge in [-0.1, -0.05) is 77.2 Å². The van der Waals surface area contributed by atoms with Gasteiger partial charge in [0.05, 0.1) is 0 Å². The number of aliphatic hydroxyl groups excluding tert-OH is 1. The largest absolute Gasteiger partial charge is 0.478 e. The number of hydrogen-bond donors (Lipinski definition) is 2. The molecule has 0 aromatic carbocycles. The van der Waals surface area contributed by atoms with Crippen LogP contribution < -0.4 is 0 Å². The normalized spacial score (nSPS) is 10.7. The Morgan fingerprint density at radius 1 is 0.667 bits per heavy atom. The predicted octanol–water partition coefficient (Wildman–Crippen LogP) is 5.08. The zero-order chi connectivity index (χ0) is 15.8. The van der Waals surface area contributed by atoms with Crippen molar-refractivity contribution in [3.63, 3.8) is 0 Å². The topological polar surface area (TPSA) is 57.5 Å². The van der Waals surface area contributed by atoms with E-state index < -0.39 is 5.97 Å². The zero-order valence-electron chi connectivity index (χ0n) is 13.6. The van der Waals surface area contributed by atoms with E-state index in [2.05, 4.69) is 6.58 Å². The first-order valence-electron chi connectivity index (χ1n) is 8.70. The van der Waals surface area contributed by atoms with Crippen LogP contribution in [0.25, 0.3) is 0 Å². The SMILES string of the molecule is C=C(CCCCCCCCCCCCCCCO)C(=O)O. The maximum absolute atomic E-state index is 10.6. The van der Waals surface area contributed by atoms with Gasteiger partial charge in [0, 0.05) is 12.2 Å². The number of hydrogen-bond acceptors (Lipinski definition) is 2. The minimum absolute atomic E-state index is 0.338. The first-order chi connectivity index (χ1) is 10.2. The van der Waals surface area contributed by atoms with E-state index in [1.165, 1.54) is 64.2 Å². The van der Waals surface area contributed by atoms with Crippen LogP contribution in [0.4, 0.5) is 0 Å². The molecule has 0 radical (unpaired) electrons. The number of carboxylic acid groups (broad SMARTS) is 1. The van der Waals surface area contributed by atoms with Gasteiger partial charge in [-0.25, -0.2) is 4.79 Å². The van der Waals surface area contributed by atoms with Crippen LogP contribution in [0.5, 0.6) is 0 Å². The van der Waals surface area contributed by atoms with Crippen LogP contribution in [0.3, 0.4) is 0 Å². The second-order valence-corrected chi connectivity index (χ2v) is 5.98. The molecule has 3 nitrogen and oxygen atoms in total. The summed E-state index contributed by atoms with van der Waals surface area (Å²) in [5.74, 6) is -0.855. The lowest BCUT2D eigenvalue weighted by Crippen LogP contribution is -1.98. The highest BCUT2D eigenvalue weighted by Crippen LogP contribution is 2.14. The van der Waals surface area contributed by atoms with E-state index in [9.17, 15) is 4.79 Å². The third kappa shape index (κ3) is 15.4. The van der Waals surface area contributed by atoms with E-state index >= 15 is 0 Å². The molecule has 0 saturated carbocycles. The van der Waals surface area contributed by atoms with Crippen LogP contribution >= 0.6 is 0 Å². The Labute approximate surface area is 130 Å². The lowest BCUT2D eigenvalue weighted by Gasteiger charge is -2.03. The fourth-order valence-electron chi connectivity index (χ4n) is 2.50. The van der Waals surface area contributed by atoms with E-state index in [-0.39, 0.29) is 0 Å². The minimum Gasteiger partial charge on any atom is -0.478 e. The molecule has 0 unspecified atom stereocenters. The van der Waals surface area contributed by atoms with Gasteiger partial charge in [-0.2, -0.15) is 0 Å². The molecule has 0 spiro atoms. The molecule has 0 heterocycles. The van der Waals surface area contributed by atoms with Gasteiger partial charge < -0.3 is 10.2 Å². The van der Waals surface area contributed by atoms with Gasteiger partial charge in [-0.05, 0) is 19.3 Å². The lowest BCUT2D eigenvalue weighted by molar-refractivity contribution is -0.132. The summed E-state index contributed by atoms with van der Waals surface area (Å²) in [7, 11) is 0. The number of aliphatic carboxylic acids is 1. The summed E-state index contributed by atoms with van der Waals surface area (Å²) in [5.41, 5.74) is 0.342. The number of carbonyl (C=O) groups is 1. The average molecular weight is 298 g/mol. The van der Waals surface area contributed by atoms with Gasteiger partial charge in [0.15, 0.2) is 0 Å². The molecule has 0 aromatic rings. The summed E-state index contributed by atoms with van der Waals surface area (Å²) in [6, 6.07) is 0. The molecule has 0 fully saturated rings. The Morgan fingerprint density at radius 3 is 1.33 bits per heavy atom. The van der Waals surface area contributed by atoms with E-state index in [0.717, 1.165) is 19.3 Å². The Bertz CT molecular complexity index is 261. The minimum atomic E-state index is -0.855. The predicted molar refractivity (Wildman–Crippen MR) is 88.5 cm³/mol. The molecule has 0 saturated heterocycles. The quantitative estimate of drug-likeness (QED) is 0.308. The summed E-state index contributed by atoms with van der Waals surface area (Å²) < 4.78 is 0. The molecule has 2 N–H and O–H groups in total. The van der Waals surface area contributed by atoms with Gasteiger partial charge in [0.1, 0.15) is 0 Å². The van der Waals surface area contributed by atoms with Gasteiger partial charge in [0.2, 0.25) is 0 Å². The van der Waals surface area contributed by atoms with E-state index in [1.807, 2.05) is 0 Å². The van der Waals surface area contributed by atoms with Gasteiger partial charge in [0.25, 0.3) is 0 Å². The molecule has 21 heavy (non-hydrogen) atoms. The van der Waals surface area contributed by atoms with Crippen molar-refractivity contribution < 1.29 is 15.0 Å². The maximum atomic E-state index is 10.6. The molecular weight excluding hydrogens is 264 g/mol. The number of rotatable bonds is 16. The van der Waals surface area contributed by atoms with Crippen molar-refractivity contribution in [2.75, 3.05) is 6.61 Å². The molecular formula is C18H34O3. The standard InChI is InChI=1S/C18H34O3/c1-17(18(20)21)15-13-11-9-7-5-3-2-4-6-8-10-12-14-16-19/h19H,1-16H2,(H,20,21). The average Bonchev–Trinajstić information content (AvgIpc) is 2.47. The molecule has 0 atom stereocenters. The van der Waals surface area contributed by atoms with Gasteiger partial charge in [-0.15, -0.1) is 0 Å². The van der Waals surface area contributed by atoms with Crippen LogP contribution in [-0.4, -0.2) is 22.8 Å². The molecule has 0 aliphatic carbocycles. The van der Waals surface area contributed by atoms with Crippen molar-refractivity contribution in [1.29, 1.82) is 0 Å². The fourth-order valence-corrected chi connectivity index (χ4v) is 2.50. The fraction of sp³-hybridized carbons (Fsp3) is 0.833. The monoisotopic (exact) mass is 298 g/mol. The second kappa shape index (κ2) is 15.6. The summed E-state index contributed by atoms with van der Waals surface area (Å²) in [4.78, 5) is 10.6. The van der Waals surface area contributed by atoms with Gasteiger partial charge in [-0.3, -0.25) is 0 Å². The van der Waals surface area contributed by atoms with Crippen molar-refractivity contribution in [3.05, 3.63) is 12.2 Å². The van der Waals surface area contributed by atoms with Crippen LogP contribution in [0, 0.1) is 0 Å². The summed E-state index contributed by atoms with van der Waals surface area (Å²) in [5, 5.41) is 17.3. The molecule has 3 heteroatoms. The van der Waals surface area contributed by atoms with Crippen molar-refractivity contribution in [2.45, 2.75) is 89.9 Å².